The first-order valence-corrected chi connectivity index (χ1v) is 6.17. The molecule has 0 fully saturated rings. The molecular weight excluding hydrogens is 215 g/mol. The maximum atomic E-state index is 10.9. The first-order chi connectivity index (χ1) is 4.61. The van der Waals surface area contributed by atoms with Gasteiger partial charge in [-0.1, -0.05) is 0 Å². The van der Waals surface area contributed by atoms with E-state index in [4.69, 9.17) is 4.55 Å². The Kier molecular flexibility index (Phi) is 2.26. The molecule has 1 rings (SSSR count). The van der Waals surface area contributed by atoms with Crippen LogP contribution in [0.2, 0.25) is 0 Å². The van der Waals surface area contributed by atoms with Crippen LogP contribution in [-0.4, -0.2) is 23.1 Å². The second-order valence-electron chi connectivity index (χ2n) is 1.79. The van der Waals surface area contributed by atoms with Gasteiger partial charge in [0.2, 0.25) is 0 Å². The molecule has 0 bridgehead atoms. The van der Waals surface area contributed by atoms with Gasteiger partial charge >= 0.3 is 66.5 Å². The van der Waals surface area contributed by atoms with Gasteiger partial charge in [-0.25, -0.2) is 0 Å². The van der Waals surface area contributed by atoms with Gasteiger partial charge in [-0.3, -0.25) is 0 Å². The van der Waals surface area contributed by atoms with Gasteiger partial charge in [0, 0.05) is 0 Å². The Labute approximate surface area is 66.8 Å². The van der Waals surface area contributed by atoms with Crippen molar-refractivity contribution in [1.82, 2.24) is 0 Å². The van der Waals surface area contributed by atoms with Crippen LogP contribution in [-0.2, 0) is 8.14 Å². The summed E-state index contributed by atoms with van der Waals surface area (Å²) < 4.78 is 19.8. The van der Waals surface area contributed by atoms with Gasteiger partial charge in [0.15, 0.2) is 0 Å². The molecule has 54 valence electrons. The summed E-state index contributed by atoms with van der Waals surface area (Å²) in [5, 5.41) is 0. The number of rotatable bonds is 1. The van der Waals surface area contributed by atoms with Crippen LogP contribution < -0.4 is 0 Å². The molecule has 1 aromatic carbocycles. The van der Waals surface area contributed by atoms with E-state index in [9.17, 15) is 4.21 Å². The Hall–Kier alpha value is -0.151. The van der Waals surface area contributed by atoms with Gasteiger partial charge in [-0.05, 0) is 0 Å². The molecule has 1 N–H and O–H groups in total. The quantitative estimate of drug-likeness (QED) is 0.715. The molecular formula is C6H6O2SSe. The monoisotopic (exact) mass is 222 g/mol. The summed E-state index contributed by atoms with van der Waals surface area (Å²) in [6, 6.07) is 8.47. The number of benzene rings is 1. The van der Waals surface area contributed by atoms with Crippen molar-refractivity contribution in [2.24, 2.45) is 0 Å². The number of hydrogen-bond acceptors (Lipinski definition) is 1. The summed E-state index contributed by atoms with van der Waals surface area (Å²) in [5.74, 6) is 0. The molecule has 0 aliphatic heterocycles. The van der Waals surface area contributed by atoms with Crippen LogP contribution in [0, 0.1) is 0 Å². The molecule has 0 heterocycles. The Morgan fingerprint density at radius 3 is 2.10 bits per heavy atom. The van der Waals surface area contributed by atoms with E-state index in [0.717, 1.165) is 0 Å². The van der Waals surface area contributed by atoms with Gasteiger partial charge in [-0.2, -0.15) is 0 Å². The average molecular weight is 221 g/mol. The number of hydrogen-bond donors (Lipinski definition) is 1. The summed E-state index contributed by atoms with van der Waals surface area (Å²) in [5.41, 5.74) is 0. The summed E-state index contributed by atoms with van der Waals surface area (Å²) in [6.07, 6.45) is 0. The van der Waals surface area contributed by atoms with Crippen molar-refractivity contribution in [3.8, 4) is 0 Å². The van der Waals surface area contributed by atoms with Crippen LogP contribution in [0.25, 0.3) is 0 Å². The minimum atomic E-state index is -2.88. The normalized spacial score (nSPS) is 16.1. The molecule has 0 aromatic heterocycles. The fourth-order valence-corrected chi connectivity index (χ4v) is 1.79. The third kappa shape index (κ3) is 1.92. The molecule has 0 aliphatic carbocycles. The third-order valence-electron chi connectivity index (χ3n) is 1.04. The van der Waals surface area contributed by atoms with Crippen molar-refractivity contribution in [2.75, 3.05) is 0 Å². The van der Waals surface area contributed by atoms with Crippen molar-refractivity contribution in [1.29, 1.82) is 0 Å². The minimum absolute atomic E-state index is 0.426. The van der Waals surface area contributed by atoms with Crippen molar-refractivity contribution < 1.29 is 8.76 Å². The van der Waals surface area contributed by atoms with Crippen molar-refractivity contribution in [3.63, 3.8) is 0 Å². The molecule has 0 radical (unpaired) electrons. The van der Waals surface area contributed by atoms with Gasteiger partial charge in [0.1, 0.15) is 0 Å². The van der Waals surface area contributed by atoms with Crippen LogP contribution >= 0.6 is 0 Å². The molecule has 0 saturated carbocycles. The maximum absolute atomic E-state index is 10.9. The standard InChI is InChI=1S/C6H6O2SSe/c7-9(8,10)6-4-2-1-3-5-6/h1-5H,(H,7,8,10). The predicted molar refractivity (Wildman–Crippen MR) is 41.2 cm³/mol. The van der Waals surface area contributed by atoms with E-state index in [1.165, 1.54) is 0 Å². The summed E-state index contributed by atoms with van der Waals surface area (Å²) in [6.45, 7) is 0. The third-order valence-corrected chi connectivity index (χ3v) is 3.12. The second kappa shape index (κ2) is 2.84. The second-order valence-corrected chi connectivity index (χ2v) is 6.05. The SMILES string of the molecule is O=S(O)(=[Se])c1ccccc1. The zero-order valence-corrected chi connectivity index (χ0v) is 7.59. The van der Waals surface area contributed by atoms with Crippen molar-refractivity contribution in [2.45, 2.75) is 4.90 Å². The summed E-state index contributed by atoms with van der Waals surface area (Å²) in [7, 11) is -2.88. The van der Waals surface area contributed by atoms with Crippen LogP contribution in [0.15, 0.2) is 35.2 Å². The molecule has 10 heavy (non-hydrogen) atoms. The van der Waals surface area contributed by atoms with Gasteiger partial charge < -0.3 is 0 Å². The van der Waals surface area contributed by atoms with Gasteiger partial charge in [-0.15, -0.1) is 0 Å². The van der Waals surface area contributed by atoms with E-state index in [1.54, 1.807) is 30.3 Å². The van der Waals surface area contributed by atoms with Crippen LogP contribution in [0.1, 0.15) is 0 Å². The fourth-order valence-electron chi connectivity index (χ4n) is 0.592. The van der Waals surface area contributed by atoms with E-state index in [1.807, 2.05) is 0 Å². The zero-order valence-electron chi connectivity index (χ0n) is 5.06. The summed E-state index contributed by atoms with van der Waals surface area (Å²) in [4.78, 5) is 0.426. The Morgan fingerprint density at radius 1 is 1.30 bits per heavy atom. The Bertz CT molecular complexity index is 304. The van der Waals surface area contributed by atoms with Gasteiger partial charge in [0.25, 0.3) is 0 Å². The molecule has 1 aromatic rings. The Balaban J connectivity index is 3.22. The van der Waals surface area contributed by atoms with E-state index in [2.05, 4.69) is 14.4 Å². The van der Waals surface area contributed by atoms with Gasteiger partial charge in [0.05, 0.1) is 0 Å². The first kappa shape index (κ1) is 7.95. The molecule has 1 atom stereocenters. The first-order valence-electron chi connectivity index (χ1n) is 2.63. The molecule has 2 nitrogen and oxygen atoms in total. The van der Waals surface area contributed by atoms with E-state index < -0.39 is 8.14 Å². The molecule has 1 unspecified atom stereocenters. The Morgan fingerprint density at radius 2 is 1.80 bits per heavy atom. The molecule has 0 saturated heterocycles. The molecule has 0 amide bonds. The average Bonchev–Trinajstić information content (AvgIpc) is 1.88. The fraction of sp³-hybridized carbons (Fsp3) is 0. The molecule has 0 aliphatic rings. The summed E-state index contributed by atoms with van der Waals surface area (Å²) >= 11 is 2.22. The topological polar surface area (TPSA) is 37.3 Å². The van der Waals surface area contributed by atoms with Crippen LogP contribution in [0.4, 0.5) is 0 Å². The predicted octanol–water partition coefficient (Wildman–Crippen LogP) is 0.886. The van der Waals surface area contributed by atoms with Crippen molar-refractivity contribution in [3.05, 3.63) is 30.3 Å². The zero-order chi connectivity index (χ0) is 7.61. The molecule has 4 heteroatoms. The van der Waals surface area contributed by atoms with E-state index in [-0.39, 0.29) is 0 Å². The van der Waals surface area contributed by atoms with Crippen LogP contribution in [0.3, 0.4) is 0 Å². The van der Waals surface area contributed by atoms with E-state index in [0.29, 0.717) is 4.90 Å². The van der Waals surface area contributed by atoms with Crippen molar-refractivity contribution >= 4 is 22.5 Å². The van der Waals surface area contributed by atoms with E-state index >= 15 is 0 Å². The molecule has 0 spiro atoms. The van der Waals surface area contributed by atoms with Crippen LogP contribution in [0.5, 0.6) is 0 Å².